The fraction of sp³-hybridized carbons (Fsp3) is 0.500. The van der Waals surface area contributed by atoms with Crippen LogP contribution in [0.1, 0.15) is 11.6 Å². The molecule has 15 heavy (non-hydrogen) atoms. The Labute approximate surface area is 92.0 Å². The van der Waals surface area contributed by atoms with Crippen LogP contribution in [-0.4, -0.2) is 39.7 Å². The van der Waals surface area contributed by atoms with Gasteiger partial charge in [0.25, 0.3) is 0 Å². The second-order valence-corrected chi connectivity index (χ2v) is 3.88. The predicted octanol–water partition coefficient (Wildman–Crippen LogP) is 1.52. The third-order valence-electron chi connectivity index (χ3n) is 2.41. The van der Waals surface area contributed by atoms with E-state index in [1.54, 1.807) is 7.11 Å². The summed E-state index contributed by atoms with van der Waals surface area (Å²) in [4.78, 5) is 2.17. The molecule has 0 radical (unpaired) electrons. The van der Waals surface area contributed by atoms with E-state index in [0.29, 0.717) is 6.04 Å². The van der Waals surface area contributed by atoms with Crippen LogP contribution in [-0.2, 0) is 0 Å². The average Bonchev–Trinajstić information content (AvgIpc) is 2.26. The van der Waals surface area contributed by atoms with E-state index in [0.717, 1.165) is 12.3 Å². The number of hydrogen-bond acceptors (Lipinski definition) is 3. The molecule has 1 aromatic carbocycles. The van der Waals surface area contributed by atoms with Crippen molar-refractivity contribution in [3.63, 3.8) is 0 Å². The molecule has 84 valence electrons. The van der Waals surface area contributed by atoms with E-state index < -0.39 is 0 Å². The number of hydrogen-bond donors (Lipinski definition) is 1. The van der Waals surface area contributed by atoms with Crippen molar-refractivity contribution >= 4 is 0 Å². The number of ether oxygens (including phenoxy) is 1. The topological polar surface area (TPSA) is 24.5 Å². The van der Waals surface area contributed by atoms with E-state index in [9.17, 15) is 0 Å². The quantitative estimate of drug-likeness (QED) is 0.794. The highest BCUT2D eigenvalue weighted by molar-refractivity contribution is 5.29. The van der Waals surface area contributed by atoms with Gasteiger partial charge in [0.2, 0.25) is 0 Å². The predicted molar refractivity (Wildman–Crippen MR) is 63.3 cm³/mol. The van der Waals surface area contributed by atoms with E-state index in [1.165, 1.54) is 5.56 Å². The Hall–Kier alpha value is -1.06. The molecule has 3 heteroatoms. The Morgan fingerprint density at radius 1 is 1.27 bits per heavy atom. The Morgan fingerprint density at radius 2 is 1.87 bits per heavy atom. The summed E-state index contributed by atoms with van der Waals surface area (Å²) in [7, 11) is 7.82. The van der Waals surface area contributed by atoms with Crippen molar-refractivity contribution in [3.8, 4) is 5.75 Å². The lowest BCUT2D eigenvalue weighted by atomic mass is 10.1. The summed E-state index contributed by atoms with van der Waals surface area (Å²) >= 11 is 0. The van der Waals surface area contributed by atoms with Crippen LogP contribution in [0.4, 0.5) is 0 Å². The maximum absolute atomic E-state index is 5.13. The van der Waals surface area contributed by atoms with Crippen LogP contribution in [0, 0.1) is 0 Å². The van der Waals surface area contributed by atoms with Gasteiger partial charge in [-0.1, -0.05) is 12.1 Å². The van der Waals surface area contributed by atoms with E-state index >= 15 is 0 Å². The first-order chi connectivity index (χ1) is 7.17. The molecule has 0 heterocycles. The lowest BCUT2D eigenvalue weighted by Crippen LogP contribution is -2.28. The standard InChI is InChI=1S/C12H20N2O/c1-13-12(9-14(2)3)10-5-7-11(15-4)8-6-10/h5-8,12-13H,9H2,1-4H3. The number of likely N-dealkylation sites (N-methyl/N-ethyl adjacent to an activating group) is 2. The largest absolute Gasteiger partial charge is 0.497 e. The van der Waals surface area contributed by atoms with Crippen molar-refractivity contribution < 1.29 is 4.74 Å². The molecule has 0 aliphatic heterocycles. The lowest BCUT2D eigenvalue weighted by molar-refractivity contribution is 0.352. The highest BCUT2D eigenvalue weighted by atomic mass is 16.5. The maximum atomic E-state index is 5.13. The molecule has 0 fully saturated rings. The zero-order valence-electron chi connectivity index (χ0n) is 9.95. The molecule has 0 bridgehead atoms. The number of rotatable bonds is 5. The third-order valence-corrected chi connectivity index (χ3v) is 2.41. The van der Waals surface area contributed by atoms with Crippen LogP contribution in [0.25, 0.3) is 0 Å². The van der Waals surface area contributed by atoms with Gasteiger partial charge >= 0.3 is 0 Å². The summed E-state index contributed by atoms with van der Waals surface area (Å²) in [6.07, 6.45) is 0. The molecule has 1 rings (SSSR count). The number of benzene rings is 1. The minimum absolute atomic E-state index is 0.367. The van der Waals surface area contributed by atoms with Gasteiger partial charge in [-0.05, 0) is 38.8 Å². The number of methoxy groups -OCH3 is 1. The molecule has 0 aliphatic rings. The lowest BCUT2D eigenvalue weighted by Gasteiger charge is -2.21. The Kier molecular flexibility index (Phi) is 4.59. The van der Waals surface area contributed by atoms with Gasteiger partial charge in [0, 0.05) is 12.6 Å². The zero-order chi connectivity index (χ0) is 11.3. The molecule has 0 spiro atoms. The van der Waals surface area contributed by atoms with Crippen molar-refractivity contribution in [1.82, 2.24) is 10.2 Å². The molecule has 1 unspecified atom stereocenters. The van der Waals surface area contributed by atoms with Gasteiger partial charge in [0.1, 0.15) is 5.75 Å². The van der Waals surface area contributed by atoms with Crippen LogP contribution in [0.15, 0.2) is 24.3 Å². The third kappa shape index (κ3) is 3.53. The molecule has 0 aliphatic carbocycles. The molecule has 0 amide bonds. The number of nitrogens with zero attached hydrogens (tertiary/aromatic N) is 1. The van der Waals surface area contributed by atoms with Gasteiger partial charge in [-0.25, -0.2) is 0 Å². The summed E-state index contributed by atoms with van der Waals surface area (Å²) in [5.41, 5.74) is 1.28. The smallest absolute Gasteiger partial charge is 0.118 e. The molecule has 1 atom stereocenters. The van der Waals surface area contributed by atoms with E-state index in [-0.39, 0.29) is 0 Å². The second-order valence-electron chi connectivity index (χ2n) is 3.88. The summed E-state index contributed by atoms with van der Waals surface area (Å²) in [5, 5.41) is 3.30. The van der Waals surface area contributed by atoms with Gasteiger partial charge in [-0.2, -0.15) is 0 Å². The molecule has 3 nitrogen and oxygen atoms in total. The summed E-state index contributed by atoms with van der Waals surface area (Å²) in [6.45, 7) is 0.989. The van der Waals surface area contributed by atoms with Gasteiger partial charge in [0.15, 0.2) is 0 Å². The van der Waals surface area contributed by atoms with Crippen molar-refractivity contribution in [3.05, 3.63) is 29.8 Å². The van der Waals surface area contributed by atoms with Crippen LogP contribution >= 0.6 is 0 Å². The van der Waals surface area contributed by atoms with Crippen LogP contribution in [0.3, 0.4) is 0 Å². The Bertz CT molecular complexity index is 282. The fourth-order valence-corrected chi connectivity index (χ4v) is 1.56. The first kappa shape index (κ1) is 12.0. The van der Waals surface area contributed by atoms with Crippen molar-refractivity contribution in [2.75, 3.05) is 34.8 Å². The zero-order valence-corrected chi connectivity index (χ0v) is 9.95. The molecule has 0 saturated carbocycles. The fourth-order valence-electron chi connectivity index (χ4n) is 1.56. The maximum Gasteiger partial charge on any atom is 0.118 e. The highest BCUT2D eigenvalue weighted by Gasteiger charge is 2.09. The average molecular weight is 208 g/mol. The van der Waals surface area contributed by atoms with Gasteiger partial charge in [-0.3, -0.25) is 0 Å². The highest BCUT2D eigenvalue weighted by Crippen LogP contribution is 2.17. The van der Waals surface area contributed by atoms with Crippen LogP contribution in [0.2, 0.25) is 0 Å². The molecule has 0 saturated heterocycles. The monoisotopic (exact) mass is 208 g/mol. The molecular formula is C12H20N2O. The van der Waals surface area contributed by atoms with E-state index in [4.69, 9.17) is 4.74 Å². The van der Waals surface area contributed by atoms with E-state index in [1.807, 2.05) is 19.2 Å². The van der Waals surface area contributed by atoms with E-state index in [2.05, 4.69) is 36.4 Å². The van der Waals surface area contributed by atoms with Gasteiger partial charge in [-0.15, -0.1) is 0 Å². The van der Waals surface area contributed by atoms with Crippen molar-refractivity contribution in [1.29, 1.82) is 0 Å². The molecular weight excluding hydrogens is 188 g/mol. The van der Waals surface area contributed by atoms with Crippen molar-refractivity contribution in [2.24, 2.45) is 0 Å². The minimum Gasteiger partial charge on any atom is -0.497 e. The minimum atomic E-state index is 0.367. The van der Waals surface area contributed by atoms with Crippen LogP contribution in [0.5, 0.6) is 5.75 Å². The number of nitrogens with one attached hydrogen (secondary N) is 1. The second kappa shape index (κ2) is 5.73. The Morgan fingerprint density at radius 3 is 2.27 bits per heavy atom. The first-order valence-corrected chi connectivity index (χ1v) is 5.13. The summed E-state index contributed by atoms with van der Waals surface area (Å²) in [6, 6.07) is 8.56. The SMILES string of the molecule is CNC(CN(C)C)c1ccc(OC)cc1. The Balaban J connectivity index is 2.74. The first-order valence-electron chi connectivity index (χ1n) is 5.13. The normalized spacial score (nSPS) is 12.9. The summed E-state index contributed by atoms with van der Waals surface area (Å²) < 4.78 is 5.13. The van der Waals surface area contributed by atoms with Gasteiger partial charge < -0.3 is 15.0 Å². The van der Waals surface area contributed by atoms with Crippen LogP contribution < -0.4 is 10.1 Å². The molecule has 0 aromatic heterocycles. The van der Waals surface area contributed by atoms with Gasteiger partial charge in [0.05, 0.1) is 7.11 Å². The molecule has 1 aromatic rings. The molecule has 1 N–H and O–H groups in total. The summed E-state index contributed by atoms with van der Waals surface area (Å²) in [5.74, 6) is 0.901. The van der Waals surface area contributed by atoms with Crippen molar-refractivity contribution in [2.45, 2.75) is 6.04 Å².